The molecule has 0 radical (unpaired) electrons. The first kappa shape index (κ1) is 27.4. The number of benzene rings is 1. The normalized spacial score (nSPS) is 35.6. The SMILES string of the molecule is CC1(C)C2CCC1(CS(=O)(=O)O)C(=O)C2=Cc1ccc(C=C2C(=O)C3(CS(=O)(=O)O)CC[C@H]2C3(C)C)cc1. The van der Waals surface area contributed by atoms with Crippen LogP contribution in [0, 0.1) is 33.5 Å². The number of hydrogen-bond acceptors (Lipinski definition) is 6. The molecule has 0 spiro atoms. The summed E-state index contributed by atoms with van der Waals surface area (Å²) in [4.78, 5) is 26.9. The molecule has 0 aromatic heterocycles. The van der Waals surface area contributed by atoms with E-state index in [4.69, 9.17) is 0 Å². The summed E-state index contributed by atoms with van der Waals surface area (Å²) in [5, 5.41) is 0. The van der Waals surface area contributed by atoms with Crippen molar-refractivity contribution in [2.45, 2.75) is 53.4 Å². The molecule has 4 fully saturated rings. The number of fused-ring (bicyclic) bond motifs is 4. The highest BCUT2D eigenvalue weighted by molar-refractivity contribution is 7.86. The Labute approximate surface area is 224 Å². The molecule has 4 saturated carbocycles. The minimum atomic E-state index is -4.33. The Balaban J connectivity index is 1.44. The van der Waals surface area contributed by atoms with E-state index in [-0.39, 0.29) is 23.4 Å². The molecule has 8 nitrogen and oxygen atoms in total. The molecule has 0 aliphatic heterocycles. The Morgan fingerprint density at radius 2 is 1.03 bits per heavy atom. The lowest BCUT2D eigenvalue weighted by Gasteiger charge is -2.34. The number of rotatable bonds is 6. The van der Waals surface area contributed by atoms with Crippen molar-refractivity contribution >= 4 is 44.0 Å². The van der Waals surface area contributed by atoms with Crippen molar-refractivity contribution in [1.82, 2.24) is 0 Å². The maximum Gasteiger partial charge on any atom is 0.265 e. The lowest BCUT2D eigenvalue weighted by Crippen LogP contribution is -2.42. The van der Waals surface area contributed by atoms with Crippen molar-refractivity contribution in [3.05, 3.63) is 46.5 Å². The summed E-state index contributed by atoms with van der Waals surface area (Å²) < 4.78 is 66.1. The van der Waals surface area contributed by atoms with Gasteiger partial charge in [0.15, 0.2) is 11.6 Å². The second-order valence-electron chi connectivity index (χ2n) is 12.8. The van der Waals surface area contributed by atoms with E-state index in [1.165, 1.54) is 0 Å². The second-order valence-corrected chi connectivity index (χ2v) is 15.7. The van der Waals surface area contributed by atoms with Crippen LogP contribution >= 0.6 is 0 Å². The van der Waals surface area contributed by atoms with E-state index in [2.05, 4.69) is 0 Å². The Morgan fingerprint density at radius 1 is 0.711 bits per heavy atom. The van der Waals surface area contributed by atoms with Gasteiger partial charge in [0.2, 0.25) is 0 Å². The second kappa shape index (κ2) is 8.19. The third-order valence-corrected chi connectivity index (χ3v) is 12.2. The number of carbonyl (C=O) groups is 2. The van der Waals surface area contributed by atoms with Gasteiger partial charge in [0, 0.05) is 11.1 Å². The zero-order chi connectivity index (χ0) is 28.1. The zero-order valence-electron chi connectivity index (χ0n) is 22.0. The first-order chi connectivity index (χ1) is 17.3. The molecule has 1 aromatic rings. The number of allylic oxidation sites excluding steroid dienone is 2. The van der Waals surface area contributed by atoms with E-state index in [9.17, 15) is 35.5 Å². The monoisotopic (exact) mass is 562 g/mol. The standard InChI is InChI=1S/C28H34O8S2/c1-25(2)21-9-11-27(25,15-37(31,32)33)23(29)19(21)13-17-5-7-18(8-6-17)14-20-22-10-12-28(24(20)30,26(22,3)4)16-38(34,35)36/h5-8,13-14,21-22H,9-12,15-16H2,1-4H3,(H,31,32,33)(H,34,35,36)/t21-,22?,27?,28?/m1/s1. The highest BCUT2D eigenvalue weighted by Gasteiger charge is 2.68. The van der Waals surface area contributed by atoms with Crippen LogP contribution in [-0.2, 0) is 29.8 Å². The summed E-state index contributed by atoms with van der Waals surface area (Å²) in [5.74, 6) is -1.80. The van der Waals surface area contributed by atoms with Crippen molar-refractivity contribution in [2.24, 2.45) is 33.5 Å². The molecule has 4 atom stereocenters. The van der Waals surface area contributed by atoms with E-state index in [1.54, 1.807) is 12.2 Å². The van der Waals surface area contributed by atoms with Gasteiger partial charge in [-0.3, -0.25) is 18.7 Å². The molecule has 2 N–H and O–H groups in total. The van der Waals surface area contributed by atoms with Gasteiger partial charge >= 0.3 is 0 Å². The lowest BCUT2D eigenvalue weighted by atomic mass is 9.70. The molecule has 4 aliphatic rings. The van der Waals surface area contributed by atoms with Gasteiger partial charge in [-0.1, -0.05) is 52.0 Å². The number of hydrogen-bond donors (Lipinski definition) is 2. The van der Waals surface area contributed by atoms with E-state index < -0.39 is 53.4 Å². The van der Waals surface area contributed by atoms with Crippen molar-refractivity contribution in [3.8, 4) is 0 Å². The van der Waals surface area contributed by atoms with Crippen LogP contribution in [0.25, 0.3) is 12.2 Å². The van der Waals surface area contributed by atoms with E-state index >= 15 is 0 Å². The van der Waals surface area contributed by atoms with Crippen LogP contribution in [0.4, 0.5) is 0 Å². The van der Waals surface area contributed by atoms with E-state index in [0.717, 1.165) is 11.1 Å². The van der Waals surface area contributed by atoms with Gasteiger partial charge < -0.3 is 0 Å². The maximum atomic E-state index is 13.4. The summed E-state index contributed by atoms with van der Waals surface area (Å²) in [6.45, 7) is 7.58. The molecular formula is C28H34O8S2. The highest BCUT2D eigenvalue weighted by Crippen LogP contribution is 2.67. The third kappa shape index (κ3) is 3.82. The largest absolute Gasteiger partial charge is 0.294 e. The molecule has 0 amide bonds. The summed E-state index contributed by atoms with van der Waals surface area (Å²) in [7, 11) is -8.66. The van der Waals surface area contributed by atoms with Gasteiger partial charge in [0.05, 0.1) is 22.3 Å². The molecule has 5 rings (SSSR count). The predicted octanol–water partition coefficient (Wildman–Crippen LogP) is 4.24. The average molecular weight is 563 g/mol. The summed E-state index contributed by atoms with van der Waals surface area (Å²) >= 11 is 0. The topological polar surface area (TPSA) is 143 Å². The first-order valence-corrected chi connectivity index (χ1v) is 16.1. The van der Waals surface area contributed by atoms with Gasteiger partial charge in [0.25, 0.3) is 20.2 Å². The van der Waals surface area contributed by atoms with Gasteiger partial charge in [-0.25, -0.2) is 0 Å². The number of carbonyl (C=O) groups excluding carboxylic acids is 2. The van der Waals surface area contributed by atoms with Gasteiger partial charge in [-0.15, -0.1) is 0 Å². The number of ketones is 2. The van der Waals surface area contributed by atoms with Crippen LogP contribution in [0.3, 0.4) is 0 Å². The smallest absolute Gasteiger partial charge is 0.265 e. The summed E-state index contributed by atoms with van der Waals surface area (Å²) in [6, 6.07) is 7.33. The Hall–Kier alpha value is -2.14. The fraction of sp³-hybridized carbons (Fsp3) is 0.571. The van der Waals surface area contributed by atoms with Gasteiger partial charge in [0.1, 0.15) is 0 Å². The molecule has 4 bridgehead atoms. The molecule has 38 heavy (non-hydrogen) atoms. The van der Waals surface area contributed by atoms with Crippen LogP contribution in [0.5, 0.6) is 0 Å². The fourth-order valence-electron chi connectivity index (χ4n) is 8.23. The highest BCUT2D eigenvalue weighted by atomic mass is 32.2. The predicted molar refractivity (Wildman–Crippen MR) is 143 cm³/mol. The average Bonchev–Trinajstić information content (AvgIpc) is 3.27. The molecule has 0 heterocycles. The van der Waals surface area contributed by atoms with Crippen LogP contribution in [0.2, 0.25) is 0 Å². The third-order valence-electron chi connectivity index (χ3n) is 10.5. The van der Waals surface area contributed by atoms with Gasteiger partial charge in [-0.2, -0.15) is 16.8 Å². The summed E-state index contributed by atoms with van der Waals surface area (Å²) in [5.41, 5.74) is -0.762. The van der Waals surface area contributed by atoms with Crippen molar-refractivity contribution in [2.75, 3.05) is 11.5 Å². The van der Waals surface area contributed by atoms with Crippen molar-refractivity contribution in [3.63, 3.8) is 0 Å². The molecule has 10 heteroatoms. The Kier molecular flexibility index (Phi) is 5.91. The Bertz CT molecular complexity index is 1400. The quantitative estimate of drug-likeness (QED) is 0.387. The minimum Gasteiger partial charge on any atom is -0.294 e. The summed E-state index contributed by atoms with van der Waals surface area (Å²) in [6.07, 6.45) is 5.80. The van der Waals surface area contributed by atoms with Crippen molar-refractivity contribution < 1.29 is 35.5 Å². The Morgan fingerprint density at radius 3 is 1.32 bits per heavy atom. The lowest BCUT2D eigenvalue weighted by molar-refractivity contribution is -0.125. The molecule has 206 valence electrons. The minimum absolute atomic E-state index is 0.105. The molecule has 1 aromatic carbocycles. The van der Waals surface area contributed by atoms with E-state index in [0.29, 0.717) is 36.8 Å². The molecule has 3 unspecified atom stereocenters. The van der Waals surface area contributed by atoms with Crippen LogP contribution in [0.1, 0.15) is 64.5 Å². The molecule has 0 saturated heterocycles. The zero-order valence-corrected chi connectivity index (χ0v) is 23.7. The van der Waals surface area contributed by atoms with Crippen LogP contribution in [0.15, 0.2) is 35.4 Å². The van der Waals surface area contributed by atoms with Crippen molar-refractivity contribution in [1.29, 1.82) is 0 Å². The van der Waals surface area contributed by atoms with Gasteiger partial charge in [-0.05, 0) is 71.6 Å². The van der Waals surface area contributed by atoms with E-state index in [1.807, 2.05) is 52.0 Å². The first-order valence-electron chi connectivity index (χ1n) is 12.9. The number of Topliss-reactive ketones (excluding diaryl/α,β-unsaturated/α-hetero) is 2. The van der Waals surface area contributed by atoms with Crippen LogP contribution in [-0.4, -0.2) is 49.0 Å². The molecular weight excluding hydrogens is 528 g/mol. The maximum absolute atomic E-state index is 13.4. The molecule has 4 aliphatic carbocycles. The fourth-order valence-corrected chi connectivity index (χ4v) is 10.8. The van der Waals surface area contributed by atoms with Crippen LogP contribution < -0.4 is 0 Å².